The number of para-hydroxylation sites is 2. The van der Waals surface area contributed by atoms with Crippen LogP contribution in [0.3, 0.4) is 0 Å². The number of sulfonamides is 1. The highest BCUT2D eigenvalue weighted by Gasteiger charge is 2.14. The summed E-state index contributed by atoms with van der Waals surface area (Å²) in [6.45, 7) is 0.292. The molecule has 0 spiro atoms. The first-order chi connectivity index (χ1) is 16.7. The minimum Gasteiger partial charge on any atom is -0.324 e. The van der Waals surface area contributed by atoms with Crippen molar-refractivity contribution in [3.8, 4) is 0 Å². The lowest BCUT2D eigenvalue weighted by molar-refractivity contribution is -0.113. The van der Waals surface area contributed by atoms with Crippen molar-refractivity contribution in [2.45, 2.75) is 23.0 Å². The second kappa shape index (κ2) is 10.6. The standard InChI is InChI=1S/C24H21ClN4O4S2/c25-19-6-2-4-8-21(19)27-22(30)15-34-24-28-20-7-3-1-5-18(20)23(31)29(24)14-13-16-9-11-17(12-10-16)35(26,32)33/h1-12H,13-15H2,(H,27,30)(H2,26,32,33). The number of anilines is 1. The molecule has 0 saturated carbocycles. The number of rotatable bonds is 8. The Kier molecular flexibility index (Phi) is 7.56. The number of carbonyl (C=O) groups is 1. The first-order valence-electron chi connectivity index (χ1n) is 10.5. The summed E-state index contributed by atoms with van der Waals surface area (Å²) in [6, 6.07) is 20.1. The molecule has 8 nitrogen and oxygen atoms in total. The molecule has 3 aromatic carbocycles. The molecule has 0 saturated heterocycles. The van der Waals surface area contributed by atoms with Gasteiger partial charge in [-0.05, 0) is 48.4 Å². The number of fused-ring (bicyclic) bond motifs is 1. The lowest BCUT2D eigenvalue weighted by Gasteiger charge is -2.13. The van der Waals surface area contributed by atoms with E-state index in [2.05, 4.69) is 10.3 Å². The van der Waals surface area contributed by atoms with Gasteiger partial charge in [0, 0.05) is 6.54 Å². The summed E-state index contributed by atoms with van der Waals surface area (Å²) < 4.78 is 24.5. The average Bonchev–Trinajstić information content (AvgIpc) is 2.83. The number of nitrogens with one attached hydrogen (secondary N) is 1. The van der Waals surface area contributed by atoms with Crippen molar-refractivity contribution in [3.63, 3.8) is 0 Å². The van der Waals surface area contributed by atoms with Gasteiger partial charge in [0.2, 0.25) is 15.9 Å². The van der Waals surface area contributed by atoms with Crippen molar-refractivity contribution in [2.24, 2.45) is 5.14 Å². The number of carbonyl (C=O) groups excluding carboxylic acids is 1. The van der Waals surface area contributed by atoms with Crippen LogP contribution in [0.2, 0.25) is 5.02 Å². The molecular formula is C24H21ClN4O4S2. The summed E-state index contributed by atoms with van der Waals surface area (Å²) in [5, 5.41) is 9.23. The number of halogens is 1. The molecule has 0 atom stereocenters. The molecule has 0 radical (unpaired) electrons. The molecule has 1 heterocycles. The number of amides is 1. The highest BCUT2D eigenvalue weighted by Crippen LogP contribution is 2.22. The second-order valence-electron chi connectivity index (χ2n) is 7.62. The monoisotopic (exact) mass is 528 g/mol. The van der Waals surface area contributed by atoms with E-state index in [4.69, 9.17) is 16.7 Å². The lowest BCUT2D eigenvalue weighted by Crippen LogP contribution is -2.25. The third-order valence-corrected chi connectivity index (χ3v) is 7.42. The van der Waals surface area contributed by atoms with E-state index >= 15 is 0 Å². The van der Waals surface area contributed by atoms with Gasteiger partial charge in [-0.15, -0.1) is 0 Å². The summed E-state index contributed by atoms with van der Waals surface area (Å²) in [7, 11) is -3.78. The van der Waals surface area contributed by atoms with E-state index in [9.17, 15) is 18.0 Å². The van der Waals surface area contributed by atoms with Gasteiger partial charge in [0.1, 0.15) is 0 Å². The number of aryl methyl sites for hydroxylation is 1. The van der Waals surface area contributed by atoms with Gasteiger partial charge in [-0.1, -0.05) is 59.8 Å². The van der Waals surface area contributed by atoms with Crippen molar-refractivity contribution < 1.29 is 13.2 Å². The van der Waals surface area contributed by atoms with E-state index in [1.165, 1.54) is 16.7 Å². The summed E-state index contributed by atoms with van der Waals surface area (Å²) >= 11 is 7.26. The summed E-state index contributed by atoms with van der Waals surface area (Å²) in [4.78, 5) is 30.4. The van der Waals surface area contributed by atoms with Gasteiger partial charge in [0.25, 0.3) is 5.56 Å². The Hall–Kier alpha value is -3.18. The largest absolute Gasteiger partial charge is 0.324 e. The van der Waals surface area contributed by atoms with Crippen molar-refractivity contribution in [3.05, 3.63) is 93.7 Å². The maximum atomic E-state index is 13.2. The number of nitrogens with two attached hydrogens (primary N) is 1. The number of hydrogen-bond donors (Lipinski definition) is 2. The van der Waals surface area contributed by atoms with Gasteiger partial charge >= 0.3 is 0 Å². The zero-order valence-electron chi connectivity index (χ0n) is 18.3. The van der Waals surface area contributed by atoms with Crippen molar-refractivity contribution in [1.29, 1.82) is 0 Å². The number of nitrogens with zero attached hydrogens (tertiary/aromatic N) is 2. The van der Waals surface area contributed by atoms with Crippen molar-refractivity contribution in [2.75, 3.05) is 11.1 Å². The van der Waals surface area contributed by atoms with Crippen LogP contribution in [-0.4, -0.2) is 29.6 Å². The zero-order chi connectivity index (χ0) is 25.0. The molecule has 0 unspecified atom stereocenters. The van der Waals surface area contributed by atoms with Crippen LogP contribution < -0.4 is 16.0 Å². The normalized spacial score (nSPS) is 11.5. The van der Waals surface area contributed by atoms with Crippen LogP contribution in [0.5, 0.6) is 0 Å². The fraction of sp³-hybridized carbons (Fsp3) is 0.125. The Labute approximate surface area is 211 Å². The van der Waals surface area contributed by atoms with Crippen LogP contribution >= 0.6 is 23.4 Å². The molecular weight excluding hydrogens is 508 g/mol. The molecule has 0 aliphatic carbocycles. The highest BCUT2D eigenvalue weighted by atomic mass is 35.5. The summed E-state index contributed by atoms with van der Waals surface area (Å²) in [5.74, 6) is -0.255. The first kappa shape index (κ1) is 24.9. The van der Waals surface area contributed by atoms with Gasteiger partial charge < -0.3 is 5.32 Å². The number of thioether (sulfide) groups is 1. The van der Waals surface area contributed by atoms with E-state index in [1.807, 2.05) is 0 Å². The molecule has 4 rings (SSSR count). The van der Waals surface area contributed by atoms with Crippen LogP contribution in [0.4, 0.5) is 5.69 Å². The molecule has 0 aliphatic rings. The fourth-order valence-corrected chi connectivity index (χ4v) is 4.94. The Balaban J connectivity index is 1.56. The smallest absolute Gasteiger partial charge is 0.262 e. The molecule has 35 heavy (non-hydrogen) atoms. The van der Waals surface area contributed by atoms with E-state index in [1.54, 1.807) is 60.7 Å². The predicted molar refractivity (Wildman–Crippen MR) is 138 cm³/mol. The summed E-state index contributed by atoms with van der Waals surface area (Å²) in [6.07, 6.45) is 0.449. The second-order valence-corrected chi connectivity index (χ2v) is 10.5. The molecule has 0 aliphatic heterocycles. The van der Waals surface area contributed by atoms with Crippen LogP contribution in [-0.2, 0) is 27.8 Å². The number of hydrogen-bond acceptors (Lipinski definition) is 6. The molecule has 1 aromatic heterocycles. The zero-order valence-corrected chi connectivity index (χ0v) is 20.7. The van der Waals surface area contributed by atoms with Gasteiger partial charge in [0.15, 0.2) is 5.16 Å². The predicted octanol–water partition coefficient (Wildman–Crippen LogP) is 3.67. The SMILES string of the molecule is NS(=O)(=O)c1ccc(CCn2c(SCC(=O)Nc3ccccc3Cl)nc3ccccc3c2=O)cc1. The third kappa shape index (κ3) is 6.09. The first-order valence-corrected chi connectivity index (χ1v) is 13.4. The Morgan fingerprint density at radius 2 is 1.71 bits per heavy atom. The van der Waals surface area contributed by atoms with E-state index in [0.717, 1.165) is 17.3 Å². The van der Waals surface area contributed by atoms with Gasteiger partial charge in [-0.25, -0.2) is 18.5 Å². The minimum atomic E-state index is -3.78. The Morgan fingerprint density at radius 1 is 1.03 bits per heavy atom. The quantitative estimate of drug-likeness (QED) is 0.265. The summed E-state index contributed by atoms with van der Waals surface area (Å²) in [5.41, 5.74) is 1.66. The van der Waals surface area contributed by atoms with Crippen LogP contribution in [0.1, 0.15) is 5.56 Å². The molecule has 180 valence electrons. The van der Waals surface area contributed by atoms with Crippen molar-refractivity contribution >= 4 is 55.9 Å². The van der Waals surface area contributed by atoms with E-state index < -0.39 is 10.0 Å². The van der Waals surface area contributed by atoms with E-state index in [0.29, 0.717) is 39.7 Å². The van der Waals surface area contributed by atoms with Gasteiger partial charge in [0.05, 0.1) is 32.3 Å². The maximum Gasteiger partial charge on any atom is 0.262 e. The fourth-order valence-electron chi connectivity index (χ4n) is 3.42. The molecule has 0 fully saturated rings. The Morgan fingerprint density at radius 3 is 2.43 bits per heavy atom. The van der Waals surface area contributed by atoms with Crippen molar-refractivity contribution in [1.82, 2.24) is 9.55 Å². The number of aromatic nitrogens is 2. The lowest BCUT2D eigenvalue weighted by atomic mass is 10.1. The molecule has 1 amide bonds. The molecule has 11 heteroatoms. The van der Waals surface area contributed by atoms with Crippen LogP contribution in [0, 0.1) is 0 Å². The van der Waals surface area contributed by atoms with Gasteiger partial charge in [-0.3, -0.25) is 14.2 Å². The Bertz CT molecular complexity index is 1550. The van der Waals surface area contributed by atoms with Crippen LogP contribution in [0.25, 0.3) is 10.9 Å². The average molecular weight is 529 g/mol. The third-order valence-electron chi connectivity index (χ3n) is 5.18. The highest BCUT2D eigenvalue weighted by molar-refractivity contribution is 7.99. The maximum absolute atomic E-state index is 13.2. The molecule has 4 aromatic rings. The minimum absolute atomic E-state index is 0.0200. The topological polar surface area (TPSA) is 124 Å². The molecule has 3 N–H and O–H groups in total. The van der Waals surface area contributed by atoms with Crippen LogP contribution in [0.15, 0.2) is 87.6 Å². The van der Waals surface area contributed by atoms with E-state index in [-0.39, 0.29) is 22.1 Å². The number of benzene rings is 3. The van der Waals surface area contributed by atoms with Gasteiger partial charge in [-0.2, -0.15) is 0 Å². The molecule has 0 bridgehead atoms. The number of primary sulfonamides is 1.